The van der Waals surface area contributed by atoms with Crippen LogP contribution in [0.15, 0.2) is 47.8 Å². The summed E-state index contributed by atoms with van der Waals surface area (Å²) in [7, 11) is 0. The van der Waals surface area contributed by atoms with Gasteiger partial charge in [-0.05, 0) is 42.3 Å². The van der Waals surface area contributed by atoms with Crippen molar-refractivity contribution in [3.05, 3.63) is 52.7 Å². The largest absolute Gasteiger partial charge is 0.351 e. The summed E-state index contributed by atoms with van der Waals surface area (Å²) in [4.78, 5) is 28.0. The summed E-state index contributed by atoms with van der Waals surface area (Å²) in [6.07, 6.45) is 10.8. The summed E-state index contributed by atoms with van der Waals surface area (Å²) < 4.78 is 0. The number of thiophene rings is 1. The molecule has 1 aliphatic rings. The fourth-order valence-corrected chi connectivity index (χ4v) is 4.20. The average molecular weight is 366 g/mol. The average Bonchev–Trinajstić information content (AvgIpc) is 3.21. The standard InChI is InChI=1S/C21H22N2O2S/c1-2-19(24)23(17-12-7-4-8-13-17)20(18-14-9-15-26-18)21(25)22-16-10-5-3-6-11-16/h1,4,7-9,12-16,20H,3,5-6,10-11H2,(H,22,25). The molecule has 0 saturated heterocycles. The summed E-state index contributed by atoms with van der Waals surface area (Å²) in [6, 6.07) is 12.3. The van der Waals surface area contributed by atoms with E-state index in [-0.39, 0.29) is 11.9 Å². The number of carbonyl (C=O) groups excluding carboxylic acids is 2. The van der Waals surface area contributed by atoms with E-state index >= 15 is 0 Å². The second kappa shape index (κ2) is 8.68. The number of benzene rings is 1. The van der Waals surface area contributed by atoms with Crippen molar-refractivity contribution < 1.29 is 9.59 Å². The summed E-state index contributed by atoms with van der Waals surface area (Å²) in [5, 5.41) is 5.04. The maximum Gasteiger partial charge on any atom is 0.303 e. The molecule has 26 heavy (non-hydrogen) atoms. The van der Waals surface area contributed by atoms with Crippen LogP contribution in [0.1, 0.15) is 43.0 Å². The van der Waals surface area contributed by atoms with E-state index in [2.05, 4.69) is 11.2 Å². The van der Waals surface area contributed by atoms with Crippen LogP contribution < -0.4 is 10.2 Å². The van der Waals surface area contributed by atoms with E-state index in [9.17, 15) is 9.59 Å². The van der Waals surface area contributed by atoms with Gasteiger partial charge in [-0.15, -0.1) is 17.8 Å². The van der Waals surface area contributed by atoms with Gasteiger partial charge in [0, 0.05) is 16.6 Å². The van der Waals surface area contributed by atoms with Gasteiger partial charge in [0.05, 0.1) is 0 Å². The quantitative estimate of drug-likeness (QED) is 0.816. The zero-order valence-electron chi connectivity index (χ0n) is 14.6. The first kappa shape index (κ1) is 18.2. The van der Waals surface area contributed by atoms with Crippen molar-refractivity contribution in [2.45, 2.75) is 44.2 Å². The lowest BCUT2D eigenvalue weighted by Gasteiger charge is -2.31. The number of terminal acetylenes is 1. The van der Waals surface area contributed by atoms with Crippen molar-refractivity contribution in [2.75, 3.05) is 4.90 Å². The van der Waals surface area contributed by atoms with E-state index < -0.39 is 11.9 Å². The first-order chi connectivity index (χ1) is 12.7. The maximum atomic E-state index is 13.2. The minimum Gasteiger partial charge on any atom is -0.351 e. The summed E-state index contributed by atoms with van der Waals surface area (Å²) >= 11 is 1.45. The van der Waals surface area contributed by atoms with Crippen LogP contribution in [0.2, 0.25) is 0 Å². The van der Waals surface area contributed by atoms with Crippen LogP contribution in [0.5, 0.6) is 0 Å². The van der Waals surface area contributed by atoms with E-state index in [0.717, 1.165) is 30.6 Å². The number of hydrogen-bond donors (Lipinski definition) is 1. The smallest absolute Gasteiger partial charge is 0.303 e. The Morgan fingerprint density at radius 3 is 2.46 bits per heavy atom. The van der Waals surface area contributed by atoms with Crippen LogP contribution in [-0.2, 0) is 9.59 Å². The van der Waals surface area contributed by atoms with E-state index in [1.807, 2.05) is 35.7 Å². The second-order valence-corrected chi connectivity index (χ2v) is 7.40. The summed E-state index contributed by atoms with van der Waals surface area (Å²) in [5.41, 5.74) is 0.618. The molecule has 1 heterocycles. The lowest BCUT2D eigenvalue weighted by molar-refractivity contribution is -0.125. The Kier molecular flexibility index (Phi) is 6.08. The van der Waals surface area contributed by atoms with Crippen molar-refractivity contribution in [3.8, 4) is 12.3 Å². The zero-order chi connectivity index (χ0) is 18.4. The Morgan fingerprint density at radius 1 is 1.12 bits per heavy atom. The van der Waals surface area contributed by atoms with Crippen LogP contribution in [0.4, 0.5) is 5.69 Å². The third-order valence-electron chi connectivity index (χ3n) is 4.65. The van der Waals surface area contributed by atoms with E-state index in [0.29, 0.717) is 5.69 Å². The van der Waals surface area contributed by atoms with Gasteiger partial charge in [0.15, 0.2) is 6.04 Å². The Bertz CT molecular complexity index is 774. The lowest BCUT2D eigenvalue weighted by atomic mass is 9.95. The number of carbonyl (C=O) groups is 2. The highest BCUT2D eigenvalue weighted by atomic mass is 32.1. The van der Waals surface area contributed by atoms with Gasteiger partial charge in [-0.3, -0.25) is 14.5 Å². The summed E-state index contributed by atoms with van der Waals surface area (Å²) in [6.45, 7) is 0. The molecule has 4 nitrogen and oxygen atoms in total. The maximum absolute atomic E-state index is 13.2. The molecule has 1 atom stereocenters. The minimum absolute atomic E-state index is 0.164. The van der Waals surface area contributed by atoms with Crippen molar-refractivity contribution in [1.29, 1.82) is 0 Å². The number of anilines is 1. The van der Waals surface area contributed by atoms with Gasteiger partial charge in [0.2, 0.25) is 5.91 Å². The lowest BCUT2D eigenvalue weighted by Crippen LogP contribution is -2.46. The van der Waals surface area contributed by atoms with Crippen LogP contribution in [0.25, 0.3) is 0 Å². The predicted molar refractivity (Wildman–Crippen MR) is 105 cm³/mol. The molecule has 3 rings (SSSR count). The number of amides is 2. The SMILES string of the molecule is C#CC(=O)N(c1ccccc1)C(C(=O)NC1CCCCC1)c1cccs1. The topological polar surface area (TPSA) is 49.4 Å². The fraction of sp³-hybridized carbons (Fsp3) is 0.333. The molecule has 1 saturated carbocycles. The van der Waals surface area contributed by atoms with Crippen molar-refractivity contribution in [2.24, 2.45) is 0 Å². The minimum atomic E-state index is -0.761. The van der Waals surface area contributed by atoms with Gasteiger partial charge in [0.25, 0.3) is 0 Å². The Hall–Kier alpha value is -2.58. The molecule has 1 fully saturated rings. The van der Waals surface area contributed by atoms with Crippen LogP contribution in [0, 0.1) is 12.3 Å². The number of rotatable bonds is 5. The zero-order valence-corrected chi connectivity index (χ0v) is 15.4. The van der Waals surface area contributed by atoms with Gasteiger partial charge in [-0.2, -0.15) is 0 Å². The normalized spacial score (nSPS) is 15.7. The fourth-order valence-electron chi connectivity index (χ4n) is 3.39. The predicted octanol–water partition coefficient (Wildman–Crippen LogP) is 3.90. The molecular formula is C21H22N2O2S. The van der Waals surface area contributed by atoms with Crippen LogP contribution >= 0.6 is 11.3 Å². The molecule has 1 N–H and O–H groups in total. The monoisotopic (exact) mass is 366 g/mol. The molecule has 1 aromatic carbocycles. The highest BCUT2D eigenvalue weighted by molar-refractivity contribution is 7.10. The van der Waals surface area contributed by atoms with Crippen LogP contribution in [-0.4, -0.2) is 17.9 Å². The third-order valence-corrected chi connectivity index (χ3v) is 5.57. The Morgan fingerprint density at radius 2 is 1.85 bits per heavy atom. The van der Waals surface area contributed by atoms with E-state index in [1.165, 1.54) is 22.7 Å². The number of nitrogens with one attached hydrogen (secondary N) is 1. The Balaban J connectivity index is 1.94. The molecule has 2 aromatic rings. The molecule has 1 unspecified atom stereocenters. The molecule has 0 radical (unpaired) electrons. The van der Waals surface area contributed by atoms with Crippen molar-refractivity contribution >= 4 is 28.8 Å². The highest BCUT2D eigenvalue weighted by Crippen LogP contribution is 2.31. The van der Waals surface area contributed by atoms with Gasteiger partial charge in [0.1, 0.15) is 0 Å². The first-order valence-corrected chi connectivity index (χ1v) is 9.77. The van der Waals surface area contributed by atoms with Gasteiger partial charge in [-0.25, -0.2) is 0 Å². The molecule has 5 heteroatoms. The first-order valence-electron chi connectivity index (χ1n) is 8.89. The van der Waals surface area contributed by atoms with Crippen LogP contribution in [0.3, 0.4) is 0 Å². The summed E-state index contributed by atoms with van der Waals surface area (Å²) in [5.74, 6) is 1.48. The van der Waals surface area contributed by atoms with Crippen molar-refractivity contribution in [3.63, 3.8) is 0 Å². The number of hydrogen-bond acceptors (Lipinski definition) is 3. The molecule has 134 valence electrons. The molecular weight excluding hydrogens is 344 g/mol. The molecule has 0 spiro atoms. The van der Waals surface area contributed by atoms with Gasteiger partial charge < -0.3 is 5.32 Å². The van der Waals surface area contributed by atoms with Gasteiger partial charge >= 0.3 is 5.91 Å². The molecule has 1 aromatic heterocycles. The number of nitrogens with zero attached hydrogens (tertiary/aromatic N) is 1. The third kappa shape index (κ3) is 4.14. The number of para-hydroxylation sites is 1. The van der Waals surface area contributed by atoms with E-state index in [4.69, 9.17) is 6.42 Å². The second-order valence-electron chi connectivity index (χ2n) is 6.42. The molecule has 0 aliphatic heterocycles. The van der Waals surface area contributed by atoms with E-state index in [1.54, 1.807) is 12.1 Å². The molecule has 2 amide bonds. The highest BCUT2D eigenvalue weighted by Gasteiger charge is 2.34. The Labute approximate surface area is 158 Å². The molecule has 0 bridgehead atoms. The van der Waals surface area contributed by atoms with Crippen molar-refractivity contribution in [1.82, 2.24) is 5.32 Å². The van der Waals surface area contributed by atoms with Gasteiger partial charge in [-0.1, -0.05) is 43.5 Å². The molecule has 1 aliphatic carbocycles.